The fourth-order valence-electron chi connectivity index (χ4n) is 2.15. The summed E-state index contributed by atoms with van der Waals surface area (Å²) in [6.07, 6.45) is 1.11. The molecule has 2 heterocycles. The lowest BCUT2D eigenvalue weighted by Crippen LogP contribution is -2.19. The van der Waals surface area contributed by atoms with Crippen molar-refractivity contribution in [2.24, 2.45) is 0 Å². The minimum Gasteiger partial charge on any atom is -0.507 e. The number of amides is 1. The van der Waals surface area contributed by atoms with Gasteiger partial charge in [0.15, 0.2) is 18.1 Å². The number of carbonyl (C=O) groups excluding carboxylic acids is 1. The van der Waals surface area contributed by atoms with Crippen molar-refractivity contribution in [3.05, 3.63) is 48.2 Å². The molecule has 1 amide bonds. The van der Waals surface area contributed by atoms with Gasteiger partial charge in [-0.25, -0.2) is 9.18 Å². The van der Waals surface area contributed by atoms with Crippen LogP contribution >= 0.6 is 0 Å². The third-order valence-corrected chi connectivity index (χ3v) is 3.28. The number of alkyl carbamates (subject to hydrolysis) is 1. The van der Waals surface area contributed by atoms with Crippen LogP contribution < -0.4 is 5.32 Å². The fraction of sp³-hybridized carbons (Fsp3) is 0.133. The number of phenolic OH excluding ortho intramolecular Hbond substituents is 1. The molecule has 2 N–H and O–H groups in total. The van der Waals surface area contributed by atoms with Gasteiger partial charge in [-0.05, 0) is 24.3 Å². The van der Waals surface area contributed by atoms with Gasteiger partial charge in [0.1, 0.15) is 11.6 Å². The first-order valence-electron chi connectivity index (χ1n) is 6.75. The molecule has 3 rings (SSSR count). The van der Waals surface area contributed by atoms with E-state index >= 15 is 0 Å². The molecule has 0 bridgehead atoms. The number of carbonyl (C=O) groups is 1. The van der Waals surface area contributed by atoms with Crippen molar-refractivity contribution in [2.45, 2.75) is 6.61 Å². The Hall–Kier alpha value is -3.16. The van der Waals surface area contributed by atoms with E-state index < -0.39 is 11.9 Å². The van der Waals surface area contributed by atoms with Crippen molar-refractivity contribution in [2.75, 3.05) is 7.05 Å². The Labute approximate surface area is 130 Å². The normalized spacial score (nSPS) is 10.7. The number of aromatic nitrogens is 3. The number of ether oxygens (including phenoxy) is 1. The average Bonchev–Trinajstić information content (AvgIpc) is 2.95. The molecule has 0 atom stereocenters. The molecule has 23 heavy (non-hydrogen) atoms. The van der Waals surface area contributed by atoms with Crippen LogP contribution in [0.5, 0.6) is 5.75 Å². The van der Waals surface area contributed by atoms with E-state index in [1.165, 1.54) is 19.2 Å². The third kappa shape index (κ3) is 2.91. The SMILES string of the molecule is CNC(=O)OCc1nnc2ccc(-c3ccc(F)cc3O)cn12. The molecule has 0 spiro atoms. The molecule has 0 aliphatic rings. The Kier molecular flexibility index (Phi) is 3.80. The number of nitrogens with one attached hydrogen (secondary N) is 1. The number of hydrogen-bond donors (Lipinski definition) is 2. The van der Waals surface area contributed by atoms with Crippen LogP contribution in [0.2, 0.25) is 0 Å². The number of halogens is 1. The Balaban J connectivity index is 1.98. The highest BCUT2D eigenvalue weighted by Crippen LogP contribution is 2.29. The Morgan fingerprint density at radius 1 is 1.35 bits per heavy atom. The lowest BCUT2D eigenvalue weighted by Gasteiger charge is -2.07. The van der Waals surface area contributed by atoms with Crippen LogP contribution in [0.15, 0.2) is 36.5 Å². The number of benzene rings is 1. The summed E-state index contributed by atoms with van der Waals surface area (Å²) < 4.78 is 19.7. The smallest absolute Gasteiger partial charge is 0.407 e. The van der Waals surface area contributed by atoms with Gasteiger partial charge < -0.3 is 15.2 Å². The van der Waals surface area contributed by atoms with Crippen LogP contribution in [-0.4, -0.2) is 32.8 Å². The lowest BCUT2D eigenvalue weighted by atomic mass is 10.1. The molecule has 0 saturated carbocycles. The number of nitrogens with zero attached hydrogens (tertiary/aromatic N) is 3. The molecule has 0 radical (unpaired) electrons. The van der Waals surface area contributed by atoms with Crippen molar-refractivity contribution in [3.63, 3.8) is 0 Å². The molecule has 0 unspecified atom stereocenters. The van der Waals surface area contributed by atoms with E-state index in [1.807, 2.05) is 0 Å². The summed E-state index contributed by atoms with van der Waals surface area (Å²) in [4.78, 5) is 11.1. The minimum absolute atomic E-state index is 0.0559. The van der Waals surface area contributed by atoms with Crippen molar-refractivity contribution >= 4 is 11.7 Å². The first-order valence-corrected chi connectivity index (χ1v) is 6.75. The topological polar surface area (TPSA) is 88.8 Å². The van der Waals surface area contributed by atoms with E-state index in [2.05, 4.69) is 15.5 Å². The van der Waals surface area contributed by atoms with E-state index in [1.54, 1.807) is 22.7 Å². The van der Waals surface area contributed by atoms with Crippen LogP contribution in [-0.2, 0) is 11.3 Å². The van der Waals surface area contributed by atoms with Crippen molar-refractivity contribution in [3.8, 4) is 16.9 Å². The van der Waals surface area contributed by atoms with Crippen molar-refractivity contribution < 1.29 is 19.0 Å². The predicted octanol–water partition coefficient (Wildman–Crippen LogP) is 2.10. The highest BCUT2D eigenvalue weighted by Gasteiger charge is 2.11. The largest absolute Gasteiger partial charge is 0.507 e. The molecule has 0 saturated heterocycles. The van der Waals surface area contributed by atoms with Gasteiger partial charge in [-0.2, -0.15) is 0 Å². The molecule has 7 nitrogen and oxygen atoms in total. The summed E-state index contributed by atoms with van der Waals surface area (Å²) in [5.74, 6) is -0.260. The van der Waals surface area contributed by atoms with Gasteiger partial charge in [-0.1, -0.05) is 0 Å². The summed E-state index contributed by atoms with van der Waals surface area (Å²) in [5.41, 5.74) is 1.68. The molecule has 0 aliphatic heterocycles. The van der Waals surface area contributed by atoms with Crippen LogP contribution in [0.3, 0.4) is 0 Å². The van der Waals surface area contributed by atoms with Crippen LogP contribution in [0.1, 0.15) is 5.82 Å². The van der Waals surface area contributed by atoms with Crippen LogP contribution in [0.4, 0.5) is 9.18 Å². The molecule has 1 aromatic carbocycles. The summed E-state index contributed by atoms with van der Waals surface area (Å²) in [6.45, 7) is -0.0559. The number of phenols is 1. The molecular formula is C15H13FN4O3. The molecular weight excluding hydrogens is 303 g/mol. The van der Waals surface area contributed by atoms with Gasteiger partial charge in [-0.3, -0.25) is 4.40 Å². The Bertz CT molecular complexity index is 878. The summed E-state index contributed by atoms with van der Waals surface area (Å²) in [7, 11) is 1.46. The van der Waals surface area contributed by atoms with Gasteiger partial charge in [0.2, 0.25) is 0 Å². The average molecular weight is 316 g/mol. The van der Waals surface area contributed by atoms with Gasteiger partial charge in [0, 0.05) is 30.4 Å². The number of fused-ring (bicyclic) bond motifs is 1. The van der Waals surface area contributed by atoms with Gasteiger partial charge >= 0.3 is 6.09 Å². The van der Waals surface area contributed by atoms with Crippen molar-refractivity contribution in [1.82, 2.24) is 19.9 Å². The highest BCUT2D eigenvalue weighted by molar-refractivity contribution is 5.70. The minimum atomic E-state index is -0.575. The molecule has 0 fully saturated rings. The highest BCUT2D eigenvalue weighted by atomic mass is 19.1. The first kappa shape index (κ1) is 14.8. The van der Waals surface area contributed by atoms with E-state index in [4.69, 9.17) is 4.74 Å². The van der Waals surface area contributed by atoms with E-state index in [0.717, 1.165) is 6.07 Å². The van der Waals surface area contributed by atoms with Crippen LogP contribution in [0, 0.1) is 5.82 Å². The van der Waals surface area contributed by atoms with Crippen molar-refractivity contribution in [1.29, 1.82) is 0 Å². The van der Waals surface area contributed by atoms with E-state index in [-0.39, 0.29) is 12.4 Å². The number of rotatable bonds is 3. The zero-order chi connectivity index (χ0) is 16.4. The molecule has 118 valence electrons. The number of aromatic hydroxyl groups is 1. The zero-order valence-corrected chi connectivity index (χ0v) is 12.2. The second-order valence-corrected chi connectivity index (χ2v) is 4.75. The maximum Gasteiger partial charge on any atom is 0.407 e. The zero-order valence-electron chi connectivity index (χ0n) is 12.2. The maximum absolute atomic E-state index is 13.1. The lowest BCUT2D eigenvalue weighted by molar-refractivity contribution is 0.138. The summed E-state index contributed by atoms with van der Waals surface area (Å²) in [5, 5.41) is 20.2. The van der Waals surface area contributed by atoms with E-state index in [9.17, 15) is 14.3 Å². The molecule has 0 aliphatic carbocycles. The molecule has 3 aromatic rings. The van der Waals surface area contributed by atoms with E-state index in [0.29, 0.717) is 22.6 Å². The number of pyridine rings is 1. The number of hydrogen-bond acceptors (Lipinski definition) is 5. The Morgan fingerprint density at radius 3 is 2.91 bits per heavy atom. The third-order valence-electron chi connectivity index (χ3n) is 3.28. The maximum atomic E-state index is 13.1. The summed E-state index contributed by atoms with van der Waals surface area (Å²) in [6, 6.07) is 7.23. The quantitative estimate of drug-likeness (QED) is 0.772. The standard InChI is InChI=1S/C15H13FN4O3/c1-17-15(22)23-8-14-19-18-13-5-2-9(7-20(13)14)11-4-3-10(16)6-12(11)21/h2-7,21H,8H2,1H3,(H,17,22). The molecule has 2 aromatic heterocycles. The van der Waals surface area contributed by atoms with Gasteiger partial charge in [0.05, 0.1) is 0 Å². The summed E-state index contributed by atoms with van der Waals surface area (Å²) >= 11 is 0. The second kappa shape index (κ2) is 5.91. The monoisotopic (exact) mass is 316 g/mol. The van der Waals surface area contributed by atoms with Crippen LogP contribution in [0.25, 0.3) is 16.8 Å². The second-order valence-electron chi connectivity index (χ2n) is 4.75. The van der Waals surface area contributed by atoms with Gasteiger partial charge in [-0.15, -0.1) is 10.2 Å². The Morgan fingerprint density at radius 2 is 2.17 bits per heavy atom. The predicted molar refractivity (Wildman–Crippen MR) is 79.3 cm³/mol. The first-order chi connectivity index (χ1) is 11.1. The molecule has 8 heteroatoms. The fourth-order valence-corrected chi connectivity index (χ4v) is 2.15. The van der Waals surface area contributed by atoms with Gasteiger partial charge in [0.25, 0.3) is 0 Å².